The van der Waals surface area contributed by atoms with Gasteiger partial charge in [0.1, 0.15) is 5.75 Å². The fourth-order valence-electron chi connectivity index (χ4n) is 2.04. The summed E-state index contributed by atoms with van der Waals surface area (Å²) in [6, 6.07) is 3.76. The van der Waals surface area contributed by atoms with Crippen LogP contribution in [0.5, 0.6) is 5.75 Å². The SMILES string of the molecule is COCCCn1ccnc1Nc1cc(C)c(Cl)cc1OC. The number of anilines is 2. The van der Waals surface area contributed by atoms with Crippen LogP contribution in [0.4, 0.5) is 11.6 Å². The van der Waals surface area contributed by atoms with Gasteiger partial charge in [0.25, 0.3) is 0 Å². The van der Waals surface area contributed by atoms with Gasteiger partial charge in [-0.2, -0.15) is 0 Å². The molecule has 1 aromatic carbocycles. The molecule has 0 atom stereocenters. The Morgan fingerprint density at radius 2 is 2.14 bits per heavy atom. The fraction of sp³-hybridized carbons (Fsp3) is 0.400. The number of aromatic nitrogens is 2. The van der Waals surface area contributed by atoms with Crippen LogP contribution in [-0.4, -0.2) is 30.4 Å². The lowest BCUT2D eigenvalue weighted by Gasteiger charge is -2.14. The van der Waals surface area contributed by atoms with Gasteiger partial charge in [-0.3, -0.25) is 0 Å². The van der Waals surface area contributed by atoms with E-state index in [0.717, 1.165) is 36.8 Å². The average molecular weight is 310 g/mol. The van der Waals surface area contributed by atoms with E-state index in [9.17, 15) is 0 Å². The van der Waals surface area contributed by atoms with Gasteiger partial charge in [-0.15, -0.1) is 0 Å². The minimum absolute atomic E-state index is 0.681. The van der Waals surface area contributed by atoms with Crippen molar-refractivity contribution in [3.05, 3.63) is 35.1 Å². The molecule has 0 saturated carbocycles. The molecule has 0 aliphatic rings. The summed E-state index contributed by atoms with van der Waals surface area (Å²) in [6.07, 6.45) is 4.63. The lowest BCUT2D eigenvalue weighted by Crippen LogP contribution is -2.06. The third-order valence-corrected chi connectivity index (χ3v) is 3.60. The van der Waals surface area contributed by atoms with Crippen LogP contribution in [0.1, 0.15) is 12.0 Å². The van der Waals surface area contributed by atoms with Crippen LogP contribution in [0.15, 0.2) is 24.5 Å². The van der Waals surface area contributed by atoms with Crippen LogP contribution < -0.4 is 10.1 Å². The number of ether oxygens (including phenoxy) is 2. The smallest absolute Gasteiger partial charge is 0.207 e. The van der Waals surface area contributed by atoms with Crippen molar-refractivity contribution >= 4 is 23.2 Å². The summed E-state index contributed by atoms with van der Waals surface area (Å²) in [5.41, 5.74) is 1.83. The normalized spacial score (nSPS) is 10.7. The minimum atomic E-state index is 0.681. The molecule has 1 N–H and O–H groups in total. The summed E-state index contributed by atoms with van der Waals surface area (Å²) in [5.74, 6) is 1.46. The number of methoxy groups -OCH3 is 2. The van der Waals surface area contributed by atoms with Crippen molar-refractivity contribution in [1.29, 1.82) is 0 Å². The zero-order chi connectivity index (χ0) is 15.2. The Balaban J connectivity index is 2.18. The second kappa shape index (κ2) is 7.33. The number of halogens is 1. The number of hydrogen-bond acceptors (Lipinski definition) is 4. The predicted molar refractivity (Wildman–Crippen MR) is 84.7 cm³/mol. The van der Waals surface area contributed by atoms with E-state index in [1.165, 1.54) is 0 Å². The lowest BCUT2D eigenvalue weighted by atomic mass is 10.2. The molecule has 0 bridgehead atoms. The van der Waals surface area contributed by atoms with Crippen LogP contribution in [-0.2, 0) is 11.3 Å². The fourth-order valence-corrected chi connectivity index (χ4v) is 2.20. The summed E-state index contributed by atoms with van der Waals surface area (Å²) in [4.78, 5) is 4.34. The Morgan fingerprint density at radius 3 is 2.86 bits per heavy atom. The first-order valence-electron chi connectivity index (χ1n) is 6.77. The molecule has 2 aromatic rings. The van der Waals surface area contributed by atoms with Crippen molar-refractivity contribution in [2.45, 2.75) is 19.9 Å². The van der Waals surface area contributed by atoms with E-state index < -0.39 is 0 Å². The molecule has 1 heterocycles. The van der Waals surface area contributed by atoms with Crippen molar-refractivity contribution in [1.82, 2.24) is 9.55 Å². The van der Waals surface area contributed by atoms with Crippen molar-refractivity contribution in [3.63, 3.8) is 0 Å². The summed E-state index contributed by atoms with van der Waals surface area (Å²) in [6.45, 7) is 3.52. The van der Waals surface area contributed by atoms with E-state index >= 15 is 0 Å². The Morgan fingerprint density at radius 1 is 1.33 bits per heavy atom. The zero-order valence-electron chi connectivity index (χ0n) is 12.5. The largest absolute Gasteiger partial charge is 0.495 e. The summed E-state index contributed by atoms with van der Waals surface area (Å²) in [5, 5.41) is 3.98. The maximum absolute atomic E-state index is 6.12. The van der Waals surface area contributed by atoms with Crippen LogP contribution in [0.3, 0.4) is 0 Å². The van der Waals surface area contributed by atoms with Gasteiger partial charge >= 0.3 is 0 Å². The Labute approximate surface area is 129 Å². The van der Waals surface area contributed by atoms with Crippen molar-refractivity contribution in [3.8, 4) is 5.75 Å². The summed E-state index contributed by atoms with van der Waals surface area (Å²) < 4.78 is 12.5. The molecule has 1 aromatic heterocycles. The van der Waals surface area contributed by atoms with Gasteiger partial charge in [-0.25, -0.2) is 4.98 Å². The molecule has 0 unspecified atom stereocenters. The summed E-state index contributed by atoms with van der Waals surface area (Å²) >= 11 is 6.12. The van der Waals surface area contributed by atoms with E-state index in [2.05, 4.69) is 10.3 Å². The highest BCUT2D eigenvalue weighted by atomic mass is 35.5. The van der Waals surface area contributed by atoms with Crippen LogP contribution in [0.25, 0.3) is 0 Å². The van der Waals surface area contributed by atoms with Gasteiger partial charge in [-0.05, 0) is 25.0 Å². The van der Waals surface area contributed by atoms with E-state index in [1.807, 2.05) is 23.8 Å². The number of aryl methyl sites for hydroxylation is 2. The van der Waals surface area contributed by atoms with E-state index in [1.54, 1.807) is 26.5 Å². The van der Waals surface area contributed by atoms with E-state index in [-0.39, 0.29) is 0 Å². The molecule has 21 heavy (non-hydrogen) atoms. The maximum atomic E-state index is 6.12. The Bertz CT molecular complexity index is 599. The summed E-state index contributed by atoms with van der Waals surface area (Å²) in [7, 11) is 3.33. The van der Waals surface area contributed by atoms with Gasteiger partial charge in [0.15, 0.2) is 0 Å². The number of benzene rings is 1. The van der Waals surface area contributed by atoms with Crippen LogP contribution >= 0.6 is 11.6 Å². The second-order valence-electron chi connectivity index (χ2n) is 4.72. The van der Waals surface area contributed by atoms with Gasteiger partial charge in [0.05, 0.1) is 12.8 Å². The molecule has 6 heteroatoms. The minimum Gasteiger partial charge on any atom is -0.495 e. The molecule has 0 saturated heterocycles. The predicted octanol–water partition coefficient (Wildman–Crippen LogP) is 3.63. The first-order valence-corrected chi connectivity index (χ1v) is 7.14. The molecule has 0 aliphatic heterocycles. The molecule has 2 rings (SSSR count). The number of nitrogens with one attached hydrogen (secondary N) is 1. The average Bonchev–Trinajstić information content (AvgIpc) is 2.90. The number of nitrogens with zero attached hydrogens (tertiary/aromatic N) is 2. The third-order valence-electron chi connectivity index (χ3n) is 3.19. The van der Waals surface area contributed by atoms with Crippen molar-refractivity contribution < 1.29 is 9.47 Å². The topological polar surface area (TPSA) is 48.3 Å². The van der Waals surface area contributed by atoms with Gasteiger partial charge in [0, 0.05) is 43.7 Å². The van der Waals surface area contributed by atoms with E-state index in [4.69, 9.17) is 21.1 Å². The molecule has 0 amide bonds. The van der Waals surface area contributed by atoms with Crippen molar-refractivity contribution in [2.75, 3.05) is 26.1 Å². The third kappa shape index (κ3) is 3.89. The van der Waals surface area contributed by atoms with E-state index in [0.29, 0.717) is 10.8 Å². The molecule has 0 spiro atoms. The van der Waals surface area contributed by atoms with Crippen LogP contribution in [0.2, 0.25) is 5.02 Å². The van der Waals surface area contributed by atoms with Crippen molar-refractivity contribution in [2.24, 2.45) is 0 Å². The molecule has 0 radical (unpaired) electrons. The van der Waals surface area contributed by atoms with Gasteiger partial charge in [-0.1, -0.05) is 11.6 Å². The molecule has 5 nitrogen and oxygen atoms in total. The molecular formula is C15H20ClN3O2. The highest BCUT2D eigenvalue weighted by molar-refractivity contribution is 6.31. The number of hydrogen-bond donors (Lipinski definition) is 1. The van der Waals surface area contributed by atoms with Crippen LogP contribution in [0, 0.1) is 6.92 Å². The Hall–Kier alpha value is -1.72. The Kier molecular flexibility index (Phi) is 5.47. The highest BCUT2D eigenvalue weighted by Gasteiger charge is 2.10. The molecule has 114 valence electrons. The first kappa shape index (κ1) is 15.7. The first-order chi connectivity index (χ1) is 10.2. The zero-order valence-corrected chi connectivity index (χ0v) is 13.3. The van der Waals surface area contributed by atoms with Gasteiger partial charge < -0.3 is 19.4 Å². The standard InChI is InChI=1S/C15H20ClN3O2/c1-11-9-13(14(21-3)10-12(11)16)18-15-17-5-7-19(15)6-4-8-20-2/h5,7,9-10H,4,6,8H2,1-3H3,(H,17,18). The number of rotatable bonds is 7. The quantitative estimate of drug-likeness (QED) is 0.793. The molecular weight excluding hydrogens is 290 g/mol. The monoisotopic (exact) mass is 309 g/mol. The highest BCUT2D eigenvalue weighted by Crippen LogP contribution is 2.32. The molecule has 0 aliphatic carbocycles. The maximum Gasteiger partial charge on any atom is 0.207 e. The van der Waals surface area contributed by atoms with Gasteiger partial charge in [0.2, 0.25) is 5.95 Å². The number of imidazole rings is 1. The second-order valence-corrected chi connectivity index (χ2v) is 5.12. The lowest BCUT2D eigenvalue weighted by molar-refractivity contribution is 0.190. The molecule has 0 fully saturated rings.